The molecular weight excluding hydrogens is 334 g/mol. The van der Waals surface area contributed by atoms with Crippen LogP contribution in [0, 0.1) is 0 Å². The van der Waals surface area contributed by atoms with Gasteiger partial charge < -0.3 is 19.9 Å². The van der Waals surface area contributed by atoms with Crippen LogP contribution < -0.4 is 19.9 Å². The third kappa shape index (κ3) is 3.14. The van der Waals surface area contributed by atoms with Crippen molar-refractivity contribution in [1.29, 1.82) is 0 Å². The van der Waals surface area contributed by atoms with Crippen LogP contribution in [0.2, 0.25) is 0 Å². The molecule has 5 heteroatoms. The molecule has 2 aromatic rings. The van der Waals surface area contributed by atoms with Gasteiger partial charge in [-0.3, -0.25) is 0 Å². The topological polar surface area (TPSA) is 53.7 Å². The van der Waals surface area contributed by atoms with E-state index >= 15 is 0 Å². The zero-order chi connectivity index (χ0) is 14.8. The van der Waals surface area contributed by atoms with Crippen LogP contribution in [0.1, 0.15) is 24.1 Å². The fourth-order valence-electron chi connectivity index (χ4n) is 2.20. The zero-order valence-electron chi connectivity index (χ0n) is 11.6. The quantitative estimate of drug-likeness (QED) is 0.912. The molecule has 0 saturated carbocycles. The summed E-state index contributed by atoms with van der Waals surface area (Å²) in [5.74, 6) is 2.34. The number of ether oxygens (including phenoxy) is 3. The van der Waals surface area contributed by atoms with Crippen molar-refractivity contribution in [3.8, 4) is 17.2 Å². The fraction of sp³-hybridized carbons (Fsp3) is 0.250. The van der Waals surface area contributed by atoms with Gasteiger partial charge in [0.25, 0.3) is 0 Å². The Bertz CT molecular complexity index is 658. The molecule has 0 saturated heterocycles. The molecule has 0 aromatic heterocycles. The summed E-state index contributed by atoms with van der Waals surface area (Å²) in [7, 11) is 0. The minimum atomic E-state index is -0.0887. The lowest BCUT2D eigenvalue weighted by Crippen LogP contribution is -2.08. The molecule has 0 bridgehead atoms. The van der Waals surface area contributed by atoms with E-state index in [1.54, 1.807) is 0 Å². The van der Waals surface area contributed by atoms with Gasteiger partial charge in [-0.15, -0.1) is 0 Å². The molecular formula is C16H16BrNO3. The van der Waals surface area contributed by atoms with Crippen molar-refractivity contribution in [2.45, 2.75) is 19.6 Å². The maximum atomic E-state index is 5.99. The highest BCUT2D eigenvalue weighted by Crippen LogP contribution is 2.33. The maximum Gasteiger partial charge on any atom is 0.231 e. The van der Waals surface area contributed by atoms with Gasteiger partial charge in [-0.1, -0.05) is 22.0 Å². The van der Waals surface area contributed by atoms with Gasteiger partial charge in [0, 0.05) is 16.1 Å². The van der Waals surface area contributed by atoms with E-state index in [2.05, 4.69) is 15.9 Å². The summed E-state index contributed by atoms with van der Waals surface area (Å²) >= 11 is 3.45. The molecule has 2 N–H and O–H groups in total. The third-order valence-electron chi connectivity index (χ3n) is 3.29. The lowest BCUT2D eigenvalue weighted by atomic mass is 10.1. The summed E-state index contributed by atoms with van der Waals surface area (Å²) in [5, 5.41) is 0. The zero-order valence-corrected chi connectivity index (χ0v) is 13.2. The van der Waals surface area contributed by atoms with Gasteiger partial charge in [-0.05, 0) is 42.8 Å². The molecule has 3 rings (SSSR count). The molecule has 0 spiro atoms. The number of fused-ring (bicyclic) bond motifs is 1. The Hall–Kier alpha value is -1.72. The molecule has 0 fully saturated rings. The summed E-state index contributed by atoms with van der Waals surface area (Å²) in [6.45, 7) is 2.67. The van der Waals surface area contributed by atoms with Crippen LogP contribution in [0.15, 0.2) is 40.9 Å². The number of hydrogen-bond acceptors (Lipinski definition) is 4. The van der Waals surface area contributed by atoms with Crippen LogP contribution in [0.3, 0.4) is 0 Å². The molecule has 0 amide bonds. The smallest absolute Gasteiger partial charge is 0.231 e. The SMILES string of the molecule is CC(N)c1cc(Br)ccc1OCc1ccc2c(c1)OCO2. The van der Waals surface area contributed by atoms with Crippen LogP contribution in [-0.2, 0) is 6.61 Å². The Balaban J connectivity index is 1.76. The van der Waals surface area contributed by atoms with E-state index in [1.165, 1.54) is 0 Å². The number of hydrogen-bond donors (Lipinski definition) is 1. The van der Waals surface area contributed by atoms with E-state index in [9.17, 15) is 0 Å². The van der Waals surface area contributed by atoms with Gasteiger partial charge in [-0.2, -0.15) is 0 Å². The van der Waals surface area contributed by atoms with Crippen LogP contribution >= 0.6 is 15.9 Å². The predicted molar refractivity (Wildman–Crippen MR) is 83.6 cm³/mol. The molecule has 1 heterocycles. The first kappa shape index (κ1) is 14.2. The second-order valence-electron chi connectivity index (χ2n) is 4.95. The monoisotopic (exact) mass is 349 g/mol. The van der Waals surface area contributed by atoms with E-state index in [1.807, 2.05) is 43.3 Å². The lowest BCUT2D eigenvalue weighted by molar-refractivity contribution is 0.174. The number of halogens is 1. The summed E-state index contributed by atoms with van der Waals surface area (Å²) < 4.78 is 17.6. The number of benzene rings is 2. The first-order chi connectivity index (χ1) is 10.1. The summed E-state index contributed by atoms with van der Waals surface area (Å²) in [6, 6.07) is 11.6. The molecule has 1 atom stereocenters. The maximum absolute atomic E-state index is 5.99. The highest BCUT2D eigenvalue weighted by atomic mass is 79.9. The molecule has 21 heavy (non-hydrogen) atoms. The van der Waals surface area contributed by atoms with Gasteiger partial charge >= 0.3 is 0 Å². The van der Waals surface area contributed by atoms with E-state index < -0.39 is 0 Å². The summed E-state index contributed by atoms with van der Waals surface area (Å²) in [6.07, 6.45) is 0. The Morgan fingerprint density at radius 2 is 2.00 bits per heavy atom. The van der Waals surface area contributed by atoms with Crippen molar-refractivity contribution in [2.24, 2.45) is 5.73 Å². The van der Waals surface area contributed by atoms with Crippen molar-refractivity contribution in [3.63, 3.8) is 0 Å². The van der Waals surface area contributed by atoms with Crippen molar-refractivity contribution >= 4 is 15.9 Å². The highest BCUT2D eigenvalue weighted by Gasteiger charge is 2.14. The second-order valence-corrected chi connectivity index (χ2v) is 5.86. The lowest BCUT2D eigenvalue weighted by Gasteiger charge is -2.14. The van der Waals surface area contributed by atoms with Gasteiger partial charge in [0.05, 0.1) is 0 Å². The Morgan fingerprint density at radius 3 is 2.81 bits per heavy atom. The van der Waals surface area contributed by atoms with Crippen LogP contribution in [0.4, 0.5) is 0 Å². The molecule has 1 unspecified atom stereocenters. The average molecular weight is 350 g/mol. The van der Waals surface area contributed by atoms with Crippen LogP contribution in [-0.4, -0.2) is 6.79 Å². The van der Waals surface area contributed by atoms with E-state index in [0.29, 0.717) is 6.61 Å². The average Bonchev–Trinajstić information content (AvgIpc) is 2.93. The standard InChI is InChI=1S/C16H16BrNO3/c1-10(18)13-7-12(17)3-5-14(13)19-8-11-2-4-15-16(6-11)21-9-20-15/h2-7,10H,8-9,18H2,1H3. The van der Waals surface area contributed by atoms with E-state index in [4.69, 9.17) is 19.9 Å². The minimum Gasteiger partial charge on any atom is -0.489 e. The molecule has 1 aliphatic heterocycles. The molecule has 0 radical (unpaired) electrons. The van der Waals surface area contributed by atoms with Gasteiger partial charge in [0.1, 0.15) is 12.4 Å². The first-order valence-electron chi connectivity index (χ1n) is 6.70. The molecule has 1 aliphatic rings. The highest BCUT2D eigenvalue weighted by molar-refractivity contribution is 9.10. The van der Waals surface area contributed by atoms with Crippen molar-refractivity contribution in [1.82, 2.24) is 0 Å². The summed E-state index contributed by atoms with van der Waals surface area (Å²) in [4.78, 5) is 0. The predicted octanol–water partition coefficient (Wildman–Crippen LogP) is 3.78. The third-order valence-corrected chi connectivity index (χ3v) is 3.79. The Labute approximate surface area is 131 Å². The number of rotatable bonds is 4. The van der Waals surface area contributed by atoms with E-state index in [0.717, 1.165) is 32.8 Å². The van der Waals surface area contributed by atoms with Gasteiger partial charge in [0.15, 0.2) is 11.5 Å². The van der Waals surface area contributed by atoms with Crippen LogP contribution in [0.25, 0.3) is 0 Å². The molecule has 110 valence electrons. The molecule has 2 aromatic carbocycles. The number of nitrogens with two attached hydrogens (primary N) is 1. The summed E-state index contributed by atoms with van der Waals surface area (Å²) in [5.41, 5.74) is 7.99. The largest absolute Gasteiger partial charge is 0.489 e. The normalized spacial score (nSPS) is 14.0. The van der Waals surface area contributed by atoms with Crippen molar-refractivity contribution in [3.05, 3.63) is 52.0 Å². The first-order valence-corrected chi connectivity index (χ1v) is 7.49. The van der Waals surface area contributed by atoms with Crippen molar-refractivity contribution in [2.75, 3.05) is 6.79 Å². The molecule has 4 nitrogen and oxygen atoms in total. The van der Waals surface area contributed by atoms with E-state index in [-0.39, 0.29) is 12.8 Å². The fourth-order valence-corrected chi connectivity index (χ4v) is 2.58. The van der Waals surface area contributed by atoms with Crippen LogP contribution in [0.5, 0.6) is 17.2 Å². The molecule has 0 aliphatic carbocycles. The minimum absolute atomic E-state index is 0.0887. The van der Waals surface area contributed by atoms with Gasteiger partial charge in [-0.25, -0.2) is 0 Å². The Morgan fingerprint density at radius 1 is 1.19 bits per heavy atom. The Kier molecular flexibility index (Phi) is 4.03. The second kappa shape index (κ2) is 5.95. The van der Waals surface area contributed by atoms with Gasteiger partial charge in [0.2, 0.25) is 6.79 Å². The van der Waals surface area contributed by atoms with Crippen molar-refractivity contribution < 1.29 is 14.2 Å².